The Hall–Kier alpha value is -0.600. The molecule has 1 amide bonds. The third-order valence-electron chi connectivity index (χ3n) is 4.91. The van der Waals surface area contributed by atoms with Gasteiger partial charge in [-0.1, -0.05) is 18.6 Å². The fourth-order valence-electron chi connectivity index (χ4n) is 3.55. The van der Waals surface area contributed by atoms with Crippen molar-refractivity contribution in [2.75, 3.05) is 57.4 Å². The molecule has 2 aliphatic rings. The Morgan fingerprint density at radius 3 is 2.96 bits per heavy atom. The van der Waals surface area contributed by atoms with Gasteiger partial charge in [0, 0.05) is 25.4 Å². The number of carbonyl (C=O) groups is 1. The molecule has 2 unspecified atom stereocenters. The molecule has 0 aliphatic carbocycles. The lowest BCUT2D eigenvalue weighted by molar-refractivity contribution is -0.118. The SMILES string of the molecule is NCCSCC(=O)NC/C=C\COC1CC(CN2CCCCC2)CCN1. The maximum atomic E-state index is 11.5. The molecular formula is C19H36N4O2S. The number of piperidine rings is 2. The second-order valence-corrected chi connectivity index (χ2v) is 8.25. The van der Waals surface area contributed by atoms with Crippen molar-refractivity contribution in [3.8, 4) is 0 Å². The molecule has 0 aromatic carbocycles. The largest absolute Gasteiger partial charge is 0.359 e. The van der Waals surface area contributed by atoms with E-state index in [4.69, 9.17) is 10.5 Å². The number of amides is 1. The predicted octanol–water partition coefficient (Wildman–Crippen LogP) is 1.18. The van der Waals surface area contributed by atoms with E-state index in [2.05, 4.69) is 15.5 Å². The van der Waals surface area contributed by atoms with Crippen LogP contribution in [0.4, 0.5) is 0 Å². The smallest absolute Gasteiger partial charge is 0.230 e. The van der Waals surface area contributed by atoms with Crippen LogP contribution < -0.4 is 16.4 Å². The van der Waals surface area contributed by atoms with Crippen molar-refractivity contribution in [1.82, 2.24) is 15.5 Å². The Balaban J connectivity index is 1.52. The zero-order valence-electron chi connectivity index (χ0n) is 16.0. The average Bonchev–Trinajstić information content (AvgIpc) is 2.66. The summed E-state index contributed by atoms with van der Waals surface area (Å²) in [5.41, 5.74) is 5.40. The number of thioether (sulfide) groups is 1. The molecule has 150 valence electrons. The summed E-state index contributed by atoms with van der Waals surface area (Å²) in [6, 6.07) is 0. The Morgan fingerprint density at radius 2 is 2.15 bits per heavy atom. The highest BCUT2D eigenvalue weighted by Gasteiger charge is 2.24. The number of likely N-dealkylation sites (tertiary alicyclic amines) is 1. The molecule has 0 spiro atoms. The lowest BCUT2D eigenvalue weighted by Gasteiger charge is -2.35. The molecule has 2 heterocycles. The van der Waals surface area contributed by atoms with Gasteiger partial charge in [0.25, 0.3) is 0 Å². The van der Waals surface area contributed by atoms with Crippen molar-refractivity contribution in [3.63, 3.8) is 0 Å². The van der Waals surface area contributed by atoms with Gasteiger partial charge in [-0.2, -0.15) is 11.8 Å². The maximum Gasteiger partial charge on any atom is 0.230 e. The summed E-state index contributed by atoms with van der Waals surface area (Å²) in [7, 11) is 0. The van der Waals surface area contributed by atoms with Crippen LogP contribution in [0, 0.1) is 5.92 Å². The lowest BCUT2D eigenvalue weighted by atomic mass is 9.95. The van der Waals surface area contributed by atoms with Gasteiger partial charge in [-0.25, -0.2) is 0 Å². The van der Waals surface area contributed by atoms with E-state index in [1.54, 1.807) is 11.8 Å². The minimum atomic E-state index is 0.0588. The first-order chi connectivity index (χ1) is 12.8. The molecule has 6 nitrogen and oxygen atoms in total. The van der Waals surface area contributed by atoms with Crippen LogP contribution in [0.25, 0.3) is 0 Å². The summed E-state index contributed by atoms with van der Waals surface area (Å²) in [4.78, 5) is 14.2. The summed E-state index contributed by atoms with van der Waals surface area (Å²) in [6.07, 6.45) is 10.6. The molecular weight excluding hydrogens is 348 g/mol. The molecule has 2 saturated heterocycles. The summed E-state index contributed by atoms with van der Waals surface area (Å²) >= 11 is 1.56. The molecule has 0 aromatic heterocycles. The molecule has 7 heteroatoms. The molecule has 2 atom stereocenters. The van der Waals surface area contributed by atoms with Crippen molar-refractivity contribution in [1.29, 1.82) is 0 Å². The quantitative estimate of drug-likeness (QED) is 0.367. The van der Waals surface area contributed by atoms with E-state index < -0.39 is 0 Å². The third kappa shape index (κ3) is 9.37. The third-order valence-corrected chi connectivity index (χ3v) is 5.90. The summed E-state index contributed by atoms with van der Waals surface area (Å²) in [5, 5.41) is 6.34. The number of nitrogens with zero attached hydrogens (tertiary/aromatic N) is 1. The van der Waals surface area contributed by atoms with Crippen LogP contribution in [0.5, 0.6) is 0 Å². The molecule has 2 aliphatic heterocycles. The van der Waals surface area contributed by atoms with Crippen molar-refractivity contribution in [3.05, 3.63) is 12.2 Å². The summed E-state index contributed by atoms with van der Waals surface area (Å²) < 4.78 is 5.94. The van der Waals surface area contributed by atoms with E-state index in [1.165, 1.54) is 45.3 Å². The number of nitrogens with two attached hydrogens (primary N) is 1. The predicted molar refractivity (Wildman–Crippen MR) is 109 cm³/mol. The van der Waals surface area contributed by atoms with Crippen LogP contribution in [0.3, 0.4) is 0 Å². The number of nitrogens with one attached hydrogen (secondary N) is 2. The zero-order chi connectivity index (χ0) is 18.5. The van der Waals surface area contributed by atoms with E-state index >= 15 is 0 Å². The van der Waals surface area contributed by atoms with Gasteiger partial charge >= 0.3 is 0 Å². The molecule has 0 bridgehead atoms. The molecule has 0 radical (unpaired) electrons. The van der Waals surface area contributed by atoms with Gasteiger partial charge in [-0.05, 0) is 51.2 Å². The molecule has 26 heavy (non-hydrogen) atoms. The van der Waals surface area contributed by atoms with Crippen molar-refractivity contribution in [2.45, 2.75) is 38.3 Å². The van der Waals surface area contributed by atoms with Crippen LogP contribution >= 0.6 is 11.8 Å². The minimum absolute atomic E-state index is 0.0588. The van der Waals surface area contributed by atoms with Gasteiger partial charge in [0.2, 0.25) is 5.91 Å². The van der Waals surface area contributed by atoms with Gasteiger partial charge in [0.15, 0.2) is 0 Å². The highest BCUT2D eigenvalue weighted by molar-refractivity contribution is 7.99. The van der Waals surface area contributed by atoms with Crippen LogP contribution in [0.15, 0.2) is 12.2 Å². The Bertz CT molecular complexity index is 416. The molecule has 2 fully saturated rings. The van der Waals surface area contributed by atoms with Crippen molar-refractivity contribution >= 4 is 17.7 Å². The number of hydrogen-bond donors (Lipinski definition) is 3. The van der Waals surface area contributed by atoms with Crippen molar-refractivity contribution < 1.29 is 9.53 Å². The number of ether oxygens (including phenoxy) is 1. The van der Waals surface area contributed by atoms with E-state index in [-0.39, 0.29) is 12.1 Å². The number of carbonyl (C=O) groups excluding carboxylic acids is 1. The van der Waals surface area contributed by atoms with Gasteiger partial charge in [0.05, 0.1) is 12.4 Å². The van der Waals surface area contributed by atoms with Crippen LogP contribution in [-0.4, -0.2) is 74.4 Å². The number of rotatable bonds is 11. The van der Waals surface area contributed by atoms with E-state index in [9.17, 15) is 4.79 Å². The fourth-order valence-corrected chi connectivity index (χ4v) is 4.15. The Labute approximate surface area is 162 Å². The molecule has 2 rings (SSSR count). The fraction of sp³-hybridized carbons (Fsp3) is 0.842. The van der Waals surface area contributed by atoms with E-state index in [0.29, 0.717) is 25.4 Å². The standard InChI is InChI=1S/C19H36N4O2S/c20-7-13-26-16-18(24)21-8-2-5-12-25-19-14-17(6-9-22-19)15-23-10-3-1-4-11-23/h2,5,17,19,22H,1,3-4,6-16,20H2,(H,21,24)/b5-2-. The highest BCUT2D eigenvalue weighted by atomic mass is 32.2. The first kappa shape index (κ1) is 21.7. The number of hydrogen-bond acceptors (Lipinski definition) is 6. The molecule has 4 N–H and O–H groups in total. The highest BCUT2D eigenvalue weighted by Crippen LogP contribution is 2.20. The van der Waals surface area contributed by atoms with Crippen LogP contribution in [0.1, 0.15) is 32.1 Å². The lowest BCUT2D eigenvalue weighted by Crippen LogP contribution is -2.44. The van der Waals surface area contributed by atoms with Crippen molar-refractivity contribution in [2.24, 2.45) is 11.7 Å². The van der Waals surface area contributed by atoms with Crippen LogP contribution in [-0.2, 0) is 9.53 Å². The molecule has 0 saturated carbocycles. The first-order valence-electron chi connectivity index (χ1n) is 10.0. The topological polar surface area (TPSA) is 79.6 Å². The summed E-state index contributed by atoms with van der Waals surface area (Å²) in [5.74, 6) is 2.10. The Morgan fingerprint density at radius 1 is 1.31 bits per heavy atom. The van der Waals surface area contributed by atoms with E-state index in [0.717, 1.165) is 24.6 Å². The normalized spacial score (nSPS) is 24.8. The Kier molecular flexibility index (Phi) is 11.3. The van der Waals surface area contributed by atoms with E-state index in [1.807, 2.05) is 12.2 Å². The monoisotopic (exact) mass is 384 g/mol. The first-order valence-corrected chi connectivity index (χ1v) is 11.2. The van der Waals surface area contributed by atoms with Gasteiger partial charge < -0.3 is 20.7 Å². The molecule has 0 aromatic rings. The van der Waals surface area contributed by atoms with Crippen LogP contribution in [0.2, 0.25) is 0 Å². The zero-order valence-corrected chi connectivity index (χ0v) is 16.8. The summed E-state index contributed by atoms with van der Waals surface area (Å²) in [6.45, 7) is 6.58. The second kappa shape index (κ2) is 13.6. The second-order valence-electron chi connectivity index (χ2n) is 7.14. The average molecular weight is 385 g/mol. The van der Waals surface area contributed by atoms with Gasteiger partial charge in [-0.15, -0.1) is 0 Å². The van der Waals surface area contributed by atoms with Gasteiger partial charge in [-0.3, -0.25) is 10.1 Å². The minimum Gasteiger partial charge on any atom is -0.359 e. The maximum absolute atomic E-state index is 11.5. The van der Waals surface area contributed by atoms with Gasteiger partial charge in [0.1, 0.15) is 6.23 Å².